The number of aromatic nitrogens is 4. The van der Waals surface area contributed by atoms with E-state index >= 15 is 13.2 Å². The van der Waals surface area contributed by atoms with Gasteiger partial charge in [-0.25, -0.2) is 39.5 Å². The van der Waals surface area contributed by atoms with E-state index in [1.807, 2.05) is 25.7 Å². The first-order chi connectivity index (χ1) is 62.7. The Morgan fingerprint density at radius 1 is 0.568 bits per heavy atom. The van der Waals surface area contributed by atoms with Crippen molar-refractivity contribution in [1.82, 2.24) is 49.3 Å². The number of nitrogens with one attached hydrogen (secondary N) is 4. The van der Waals surface area contributed by atoms with Gasteiger partial charge in [-0.1, -0.05) is 43.6 Å². The maximum atomic E-state index is 15.9. The standard InChI is InChI=1S/C38H40ClF3N6O4.C20H26F3N5O2.C17H13ClN2O3.C16H20F3N3O2.CH3Si.CH4/c1-45-20-28(26-7-9-43-19-27(26)37(45)51)23-15-30(39)29(35(16-23)52-2)21-46-10-8-36(38(41,42)22-46)48-13-11-47(12-14-48)33-6-3-24(17-31(33)40)44-32-5-4-25(49)18-34(32)50;21-14-11-13(25-15-2-4-18(29)26-19(15)30)1-3-16(14)27-7-9-28(10-8-27)17-5-6-24-12-20(17,22)23;1-20-8-13(11-3-4-19-7-12(11)17(20)22)10-5-15(18)14(9-21)16(6-10)23-2;17-13-11-12(22(23)24)4-5-14(13)20-7-9-21(10-8-20)15-3-1-2-6-16(15,18)19;1-2;/h3,6-7,9,15-17,19-20,32,36,44H,4-5,8,10-14,18,21-22H2,1-2H3;1,3,11,15,17,24-25H,2,4-10,12H2,(H,26,29,30);3-9H,1-2H3;4-5,11,15H,1-3,6-10H2;1H3;1H4. The zero-order valence-corrected chi connectivity index (χ0v) is 75.4. The average molecular weight is 1890 g/mol. The number of piperidine rings is 3. The summed E-state index contributed by atoms with van der Waals surface area (Å²) in [5.74, 6) is -10.1. The van der Waals surface area contributed by atoms with Gasteiger partial charge < -0.3 is 49.3 Å². The first kappa shape index (κ1) is 99.9. The van der Waals surface area contributed by atoms with E-state index in [1.165, 1.54) is 53.8 Å². The maximum Gasteiger partial charge on any atom is 0.275 e. The summed E-state index contributed by atoms with van der Waals surface area (Å²) in [6, 6.07) is 19.9. The number of likely N-dealkylation sites (tertiary alicyclic amines) is 1. The molecule has 2 aliphatic carbocycles. The number of carbonyl (C=O) groups is 5. The molecule has 4 N–H and O–H groups in total. The molecule has 3 radical (unpaired) electrons. The number of carbonyl (C=O) groups excluding carboxylic acids is 5. The van der Waals surface area contributed by atoms with Gasteiger partial charge in [-0.15, -0.1) is 0 Å². The highest BCUT2D eigenvalue weighted by molar-refractivity contribution is 6.34. The zero-order valence-electron chi connectivity index (χ0n) is 72.9. The fourth-order valence-corrected chi connectivity index (χ4v) is 19.0. The van der Waals surface area contributed by atoms with Gasteiger partial charge in [0.25, 0.3) is 34.6 Å². The van der Waals surface area contributed by atoms with Crippen LogP contribution in [-0.4, -0.2) is 250 Å². The number of nitro groups is 1. The van der Waals surface area contributed by atoms with Crippen molar-refractivity contribution in [2.45, 2.75) is 139 Å². The molecular weight excluding hydrogens is 1790 g/mol. The number of non-ortho nitro benzene ring substituents is 1. The molecule has 9 aromatic rings. The molecule has 5 aromatic carbocycles. The van der Waals surface area contributed by atoms with Crippen LogP contribution in [-0.2, 0) is 39.8 Å². The van der Waals surface area contributed by atoms with Crippen molar-refractivity contribution >= 4 is 119 Å². The van der Waals surface area contributed by atoms with Crippen molar-refractivity contribution in [1.29, 1.82) is 0 Å². The van der Waals surface area contributed by atoms with Crippen LogP contribution in [0.2, 0.25) is 16.6 Å². The molecule has 17 rings (SSSR count). The number of methoxy groups -OCH3 is 2. The van der Waals surface area contributed by atoms with Crippen LogP contribution < -0.4 is 56.6 Å². The highest BCUT2D eigenvalue weighted by atomic mass is 35.5. The molecule has 8 fully saturated rings. The number of nitro benzene ring substituents is 1. The number of hydrogen-bond donors (Lipinski definition) is 4. The van der Waals surface area contributed by atoms with Crippen molar-refractivity contribution in [3.8, 4) is 33.8 Å². The number of pyridine rings is 4. The number of fused-ring (bicyclic) bond motifs is 2. The number of amides is 2. The SMILES string of the molecule is C.COc1cc(-c2cn(C)c(=O)c3cnccc23)cc(Cl)c1C=O.COc1cc(-c2cn(C)c(=O)c3cnccc23)cc(Cl)c1CN1CCC(N2CCN(c3ccc(NC4CCC(=O)CC4=O)cc3F)CC2)C(F)(F)C1.C[Si].O=C1CCC(Nc2ccc(N3CCN(C4CCNCC4(F)F)CC3)c(F)c2)C(=O)N1.O=[N+]([O-])c1ccc(N2CCN(C3CCCCC3(F)F)CC2)c(F)c1. The number of nitrogens with zero attached hydrogens (tertiary/aromatic N) is 12. The summed E-state index contributed by atoms with van der Waals surface area (Å²) in [5.41, 5.74) is 5.38. The summed E-state index contributed by atoms with van der Waals surface area (Å²) in [5, 5.41) is 24.8. The molecule has 5 unspecified atom stereocenters. The van der Waals surface area contributed by atoms with E-state index in [0.29, 0.717) is 203 Å². The van der Waals surface area contributed by atoms with Crippen LogP contribution in [0.25, 0.3) is 43.8 Å². The van der Waals surface area contributed by atoms with Gasteiger partial charge in [0.1, 0.15) is 35.0 Å². The predicted octanol–water partition coefficient (Wildman–Crippen LogP) is 14.0. The Labute approximate surface area is 770 Å². The number of ketones is 2. The van der Waals surface area contributed by atoms with Gasteiger partial charge in [0.05, 0.1) is 107 Å². The first-order valence-corrected chi connectivity index (χ1v) is 45.0. The molecule has 5 atom stereocenters. The second kappa shape index (κ2) is 43.7. The topological polar surface area (TPSA) is 288 Å². The molecular formula is C93H106Cl2F9N16O11Si. The monoisotopic (exact) mass is 1890 g/mol. The van der Waals surface area contributed by atoms with Crippen LogP contribution in [0.15, 0.2) is 138 Å². The normalized spacial score (nSPS) is 21.2. The number of hydrogen-bond acceptors (Lipinski definition) is 23. The average Bonchev–Trinajstić information content (AvgIpc) is 0.767. The number of anilines is 5. The largest absolute Gasteiger partial charge is 0.496 e. The lowest BCUT2D eigenvalue weighted by molar-refractivity contribution is -0.385. The number of imide groups is 1. The smallest absolute Gasteiger partial charge is 0.275 e. The third-order valence-corrected chi connectivity index (χ3v) is 26.0. The fraction of sp³-hybridized carbons (Fsp3) is 0.452. The van der Waals surface area contributed by atoms with Gasteiger partial charge in [0, 0.05) is 212 Å². The number of aryl methyl sites for hydroxylation is 2. The Morgan fingerprint density at radius 3 is 1.52 bits per heavy atom. The number of halogens is 11. The Hall–Kier alpha value is -11.1. The van der Waals surface area contributed by atoms with Crippen LogP contribution in [0.5, 0.6) is 11.5 Å². The summed E-state index contributed by atoms with van der Waals surface area (Å²) in [4.78, 5) is 114. The van der Waals surface area contributed by atoms with Crippen molar-refractivity contribution in [3.05, 3.63) is 198 Å². The highest BCUT2D eigenvalue weighted by Gasteiger charge is 2.50. The minimum absolute atomic E-state index is 0. The number of Topliss-reactive ketones (excluding diaryl/α,β-unsaturated/α-hetero) is 2. The Balaban J connectivity index is 0.000000168. The lowest BCUT2D eigenvalue weighted by Crippen LogP contribution is -2.61. The molecule has 2 saturated carbocycles. The summed E-state index contributed by atoms with van der Waals surface area (Å²) in [6.45, 7) is 7.35. The second-order valence-electron chi connectivity index (χ2n) is 33.5. The Morgan fingerprint density at radius 2 is 1.05 bits per heavy atom. The van der Waals surface area contributed by atoms with Crippen LogP contribution >= 0.6 is 23.2 Å². The zero-order chi connectivity index (χ0) is 93.9. The fourth-order valence-electron chi connectivity index (χ4n) is 18.5. The molecule has 39 heteroatoms. The molecule has 0 bridgehead atoms. The van der Waals surface area contributed by atoms with E-state index in [-0.39, 0.29) is 86.2 Å². The molecule has 0 spiro atoms. The summed E-state index contributed by atoms with van der Waals surface area (Å²) in [7, 11) is 9.31. The van der Waals surface area contributed by atoms with Crippen molar-refractivity contribution in [3.63, 3.8) is 0 Å². The first-order valence-electron chi connectivity index (χ1n) is 43.2. The van der Waals surface area contributed by atoms with E-state index in [1.54, 1.807) is 121 Å². The van der Waals surface area contributed by atoms with Crippen molar-refractivity contribution in [2.24, 2.45) is 14.1 Å². The van der Waals surface area contributed by atoms with E-state index < -0.39 is 82.8 Å². The minimum Gasteiger partial charge on any atom is -0.496 e. The number of benzene rings is 5. The van der Waals surface area contributed by atoms with Crippen molar-refractivity contribution < 1.29 is 77.9 Å². The maximum absolute atomic E-state index is 15.9. The van der Waals surface area contributed by atoms with Gasteiger partial charge in [0.15, 0.2) is 17.9 Å². The molecule has 10 heterocycles. The Kier molecular flexibility index (Phi) is 33.1. The quantitative estimate of drug-likeness (QED) is 0.0118. The van der Waals surface area contributed by atoms with Crippen LogP contribution in [0.4, 0.5) is 73.6 Å². The van der Waals surface area contributed by atoms with Gasteiger partial charge in [-0.2, -0.15) is 0 Å². The van der Waals surface area contributed by atoms with Gasteiger partial charge >= 0.3 is 0 Å². The molecule has 27 nitrogen and oxygen atoms in total. The molecule has 132 heavy (non-hydrogen) atoms. The van der Waals surface area contributed by atoms with Crippen LogP contribution in [0.3, 0.4) is 0 Å². The number of rotatable bonds is 18. The minimum atomic E-state index is -3.00. The highest BCUT2D eigenvalue weighted by Crippen LogP contribution is 2.43. The van der Waals surface area contributed by atoms with Crippen LogP contribution in [0.1, 0.15) is 94.0 Å². The third kappa shape index (κ3) is 23.0. The second-order valence-corrected chi connectivity index (χ2v) is 34.3. The lowest BCUT2D eigenvalue weighted by Gasteiger charge is -2.46. The number of aldehydes is 1. The molecule has 6 aliphatic heterocycles. The predicted molar refractivity (Wildman–Crippen MR) is 492 cm³/mol. The van der Waals surface area contributed by atoms with E-state index in [2.05, 4.69) is 41.5 Å². The number of ether oxygens (including phenoxy) is 2. The summed E-state index contributed by atoms with van der Waals surface area (Å²) in [6.07, 6.45) is 14.1. The number of alkyl halides is 6. The number of piperazine rings is 3. The molecule has 8 aliphatic rings. The van der Waals surface area contributed by atoms with Crippen LogP contribution in [0, 0.1) is 27.6 Å². The molecule has 4 aromatic heterocycles. The summed E-state index contributed by atoms with van der Waals surface area (Å²) >= 11 is 13.0. The van der Waals surface area contributed by atoms with E-state index in [9.17, 15) is 70.0 Å². The van der Waals surface area contributed by atoms with Gasteiger partial charge in [0.2, 0.25) is 11.8 Å². The van der Waals surface area contributed by atoms with Gasteiger partial charge in [-0.05, 0) is 146 Å². The Bertz CT molecular complexity index is 5830. The van der Waals surface area contributed by atoms with Crippen molar-refractivity contribution in [2.75, 3.05) is 144 Å². The summed E-state index contributed by atoms with van der Waals surface area (Å²) < 4.78 is 146. The molecule has 705 valence electrons. The van der Waals surface area contributed by atoms with Gasteiger partial charge in [-0.3, -0.25) is 78.6 Å². The van der Waals surface area contributed by atoms with E-state index in [4.69, 9.17) is 32.7 Å². The molecule has 6 saturated heterocycles. The molecule has 2 amide bonds. The third-order valence-electron chi connectivity index (χ3n) is 25.3. The lowest BCUT2D eigenvalue weighted by atomic mass is 9.90. The van der Waals surface area contributed by atoms with E-state index in [0.717, 1.165) is 45.5 Å².